The third-order valence-electron chi connectivity index (χ3n) is 5.53. The minimum atomic E-state index is -2.76. The van der Waals surface area contributed by atoms with Gasteiger partial charge in [-0.3, -0.25) is 9.58 Å². The molecular weight excluding hydrogens is 523 g/mol. The number of aliphatic hydroxyl groups excluding tert-OH is 1. The SMILES string of the molecule is CCOc1nn(C[C@H](C)O[Si](C)(C)C(C)(C)C)c(CN(CC)CC(O)C(F)F)c1I. The second kappa shape index (κ2) is 11.5. The fourth-order valence-corrected chi connectivity index (χ4v) is 4.95. The lowest BCUT2D eigenvalue weighted by Crippen LogP contribution is -2.44. The summed E-state index contributed by atoms with van der Waals surface area (Å²) in [5, 5.41) is 14.3. The van der Waals surface area contributed by atoms with E-state index in [1.165, 1.54) is 0 Å². The molecule has 1 rings (SSSR count). The summed E-state index contributed by atoms with van der Waals surface area (Å²) in [5.41, 5.74) is 0.882. The lowest BCUT2D eigenvalue weighted by molar-refractivity contribution is -0.0242. The van der Waals surface area contributed by atoms with Crippen LogP contribution in [-0.4, -0.2) is 66.4 Å². The van der Waals surface area contributed by atoms with E-state index >= 15 is 0 Å². The van der Waals surface area contributed by atoms with Crippen molar-refractivity contribution in [2.24, 2.45) is 0 Å². The predicted octanol–water partition coefficient (Wildman–Crippen LogP) is 4.74. The molecule has 1 N–H and O–H groups in total. The van der Waals surface area contributed by atoms with Crippen LogP contribution in [0.2, 0.25) is 18.1 Å². The van der Waals surface area contributed by atoms with Gasteiger partial charge in [-0.15, -0.1) is 5.10 Å². The van der Waals surface area contributed by atoms with Gasteiger partial charge in [-0.2, -0.15) is 0 Å². The number of nitrogens with zero attached hydrogens (tertiary/aromatic N) is 3. The van der Waals surface area contributed by atoms with Crippen molar-refractivity contribution in [3.8, 4) is 5.88 Å². The summed E-state index contributed by atoms with van der Waals surface area (Å²) in [6, 6.07) is 0. The number of ether oxygens (including phenoxy) is 1. The molecule has 6 nitrogen and oxygen atoms in total. The maximum absolute atomic E-state index is 12.8. The van der Waals surface area contributed by atoms with Crippen molar-refractivity contribution in [1.29, 1.82) is 0 Å². The third kappa shape index (κ3) is 7.68. The third-order valence-corrected chi connectivity index (χ3v) is 11.2. The fraction of sp³-hybridized carbons (Fsp3) is 0.850. The molecular formula is C20H38F2IN3O3Si. The number of aliphatic hydroxyl groups is 1. The van der Waals surface area contributed by atoms with E-state index in [1.54, 1.807) is 4.90 Å². The molecule has 0 saturated carbocycles. The summed E-state index contributed by atoms with van der Waals surface area (Å²) in [5.74, 6) is 0.540. The van der Waals surface area contributed by atoms with Gasteiger partial charge in [0.15, 0.2) is 8.32 Å². The normalized spacial score (nSPS) is 15.1. The van der Waals surface area contributed by atoms with Crippen molar-refractivity contribution in [1.82, 2.24) is 14.7 Å². The molecule has 1 aromatic heterocycles. The van der Waals surface area contributed by atoms with E-state index in [-0.39, 0.29) is 17.7 Å². The fourth-order valence-electron chi connectivity index (χ4n) is 2.80. The Kier molecular flexibility index (Phi) is 10.7. The number of likely N-dealkylation sites (N-methyl/N-ethyl adjacent to an activating group) is 1. The molecule has 1 unspecified atom stereocenters. The average molecular weight is 562 g/mol. The molecule has 1 heterocycles. The summed E-state index contributed by atoms with van der Waals surface area (Å²) in [6.07, 6.45) is -4.50. The van der Waals surface area contributed by atoms with Crippen LogP contribution in [0.3, 0.4) is 0 Å². The van der Waals surface area contributed by atoms with Gasteiger partial charge in [-0.05, 0) is 61.1 Å². The molecule has 0 amide bonds. The highest BCUT2D eigenvalue weighted by molar-refractivity contribution is 14.1. The molecule has 0 aliphatic heterocycles. The molecule has 0 radical (unpaired) electrons. The van der Waals surface area contributed by atoms with Crippen molar-refractivity contribution in [3.63, 3.8) is 0 Å². The minimum absolute atomic E-state index is 0.0588. The van der Waals surface area contributed by atoms with E-state index in [1.807, 2.05) is 25.5 Å². The maximum Gasteiger partial charge on any atom is 0.265 e. The van der Waals surface area contributed by atoms with Gasteiger partial charge in [0.25, 0.3) is 6.43 Å². The lowest BCUT2D eigenvalue weighted by Gasteiger charge is -2.38. The van der Waals surface area contributed by atoms with Crippen molar-refractivity contribution in [2.75, 3.05) is 19.7 Å². The zero-order valence-corrected chi connectivity index (χ0v) is 22.7. The number of hydrogen-bond donors (Lipinski definition) is 1. The first-order valence-corrected chi connectivity index (χ1v) is 14.5. The van der Waals surface area contributed by atoms with E-state index in [0.29, 0.717) is 32.1 Å². The molecule has 2 atom stereocenters. The number of halogens is 3. The molecule has 0 spiro atoms. The number of rotatable bonds is 12. The topological polar surface area (TPSA) is 59.8 Å². The largest absolute Gasteiger partial charge is 0.476 e. The van der Waals surface area contributed by atoms with Crippen LogP contribution in [0.25, 0.3) is 0 Å². The highest BCUT2D eigenvalue weighted by atomic mass is 127. The Morgan fingerprint density at radius 3 is 2.33 bits per heavy atom. The molecule has 0 aliphatic carbocycles. The Morgan fingerprint density at radius 1 is 1.27 bits per heavy atom. The number of aromatic nitrogens is 2. The van der Waals surface area contributed by atoms with Crippen LogP contribution in [0.1, 0.15) is 47.2 Å². The highest BCUT2D eigenvalue weighted by Gasteiger charge is 2.38. The predicted molar refractivity (Wildman–Crippen MR) is 127 cm³/mol. The Bertz CT molecular complexity index is 668. The minimum Gasteiger partial charge on any atom is -0.476 e. The second-order valence-corrected chi connectivity index (χ2v) is 14.9. The van der Waals surface area contributed by atoms with E-state index in [4.69, 9.17) is 9.16 Å². The lowest BCUT2D eigenvalue weighted by atomic mass is 10.2. The standard InChI is InChI=1S/C20H38F2IN3O3Si/c1-9-25(13-16(27)18(21)22)12-15-17(23)19(28-10-2)24-26(15)11-14(3)29-30(7,8)20(4,5)6/h14,16,18,27H,9-13H2,1-8H3/t14-,16?/m0/s1. The Hall–Kier alpha value is -0.303. The van der Waals surface area contributed by atoms with Crippen LogP contribution >= 0.6 is 22.6 Å². The van der Waals surface area contributed by atoms with Crippen LogP contribution in [0.4, 0.5) is 8.78 Å². The Labute approximate surface area is 194 Å². The van der Waals surface area contributed by atoms with Gasteiger partial charge in [-0.25, -0.2) is 8.78 Å². The van der Waals surface area contributed by atoms with Crippen LogP contribution in [0, 0.1) is 3.57 Å². The van der Waals surface area contributed by atoms with Crippen molar-refractivity contribution >= 4 is 30.9 Å². The average Bonchev–Trinajstić information content (AvgIpc) is 2.88. The molecule has 0 aliphatic rings. The molecule has 30 heavy (non-hydrogen) atoms. The molecule has 0 bridgehead atoms. The monoisotopic (exact) mass is 561 g/mol. The van der Waals surface area contributed by atoms with E-state index < -0.39 is 20.8 Å². The molecule has 0 fully saturated rings. The summed E-state index contributed by atoms with van der Waals surface area (Å²) in [7, 11) is -1.94. The first kappa shape index (κ1) is 27.7. The van der Waals surface area contributed by atoms with Gasteiger partial charge in [0.1, 0.15) is 6.10 Å². The van der Waals surface area contributed by atoms with Gasteiger partial charge >= 0.3 is 0 Å². The quantitative estimate of drug-likeness (QED) is 0.295. The van der Waals surface area contributed by atoms with Crippen LogP contribution in [0.15, 0.2) is 0 Å². The second-order valence-electron chi connectivity index (χ2n) is 9.10. The van der Waals surface area contributed by atoms with Crippen LogP contribution < -0.4 is 4.74 Å². The molecule has 10 heteroatoms. The molecule has 1 aromatic rings. The molecule has 176 valence electrons. The highest BCUT2D eigenvalue weighted by Crippen LogP contribution is 2.37. The van der Waals surface area contributed by atoms with E-state index in [2.05, 4.69) is 61.6 Å². The van der Waals surface area contributed by atoms with Gasteiger partial charge in [-0.1, -0.05) is 27.7 Å². The first-order chi connectivity index (χ1) is 13.7. The summed E-state index contributed by atoms with van der Waals surface area (Å²) < 4.78 is 40.5. The smallest absolute Gasteiger partial charge is 0.265 e. The van der Waals surface area contributed by atoms with E-state index in [0.717, 1.165) is 9.26 Å². The summed E-state index contributed by atoms with van der Waals surface area (Å²) in [4.78, 5) is 1.79. The zero-order chi connectivity index (χ0) is 23.3. The first-order valence-electron chi connectivity index (χ1n) is 10.5. The zero-order valence-electron chi connectivity index (χ0n) is 19.5. The Balaban J connectivity index is 3.09. The number of hydrogen-bond acceptors (Lipinski definition) is 5. The van der Waals surface area contributed by atoms with Gasteiger partial charge in [0.05, 0.1) is 28.5 Å². The Morgan fingerprint density at radius 2 is 1.87 bits per heavy atom. The van der Waals surface area contributed by atoms with Gasteiger partial charge < -0.3 is 14.3 Å². The number of alkyl halides is 2. The molecule has 0 saturated heterocycles. The van der Waals surface area contributed by atoms with Crippen LogP contribution in [0.5, 0.6) is 5.88 Å². The van der Waals surface area contributed by atoms with Gasteiger partial charge in [0.2, 0.25) is 5.88 Å². The van der Waals surface area contributed by atoms with Crippen LogP contribution in [-0.2, 0) is 17.5 Å². The van der Waals surface area contributed by atoms with Crippen molar-refractivity contribution in [3.05, 3.63) is 9.26 Å². The summed E-state index contributed by atoms with van der Waals surface area (Å²) >= 11 is 2.19. The van der Waals surface area contributed by atoms with Gasteiger partial charge in [0, 0.05) is 13.1 Å². The van der Waals surface area contributed by atoms with Crippen molar-refractivity contribution < 1.29 is 23.1 Å². The van der Waals surface area contributed by atoms with E-state index in [9.17, 15) is 13.9 Å². The maximum atomic E-state index is 12.8. The van der Waals surface area contributed by atoms with Crippen molar-refractivity contribution in [2.45, 2.75) is 91.4 Å². The summed E-state index contributed by atoms with van der Waals surface area (Å²) in [6.45, 7) is 18.7. The molecule has 0 aromatic carbocycles.